The van der Waals surface area contributed by atoms with Gasteiger partial charge in [-0.2, -0.15) is 5.26 Å². The Bertz CT molecular complexity index is 691. The maximum Gasteiger partial charge on any atom is 0.143 e. The number of hydrogen-bond acceptors (Lipinski definition) is 6. The third kappa shape index (κ3) is 2.87. The van der Waals surface area contributed by atoms with Gasteiger partial charge in [0.2, 0.25) is 0 Å². The number of rotatable bonds is 4. The molecule has 0 fully saturated rings. The molecule has 0 saturated heterocycles. The van der Waals surface area contributed by atoms with E-state index >= 15 is 0 Å². The number of aromatic nitrogens is 2. The molecule has 1 aromatic carbocycles. The predicted molar refractivity (Wildman–Crippen MR) is 81.5 cm³/mol. The lowest BCUT2D eigenvalue weighted by Crippen LogP contribution is -2.08. The number of anilines is 3. The minimum absolute atomic E-state index is 0.147. The molecule has 0 spiro atoms. The summed E-state index contributed by atoms with van der Waals surface area (Å²) < 4.78 is 5.30. The highest BCUT2D eigenvalue weighted by Crippen LogP contribution is 2.34. The van der Waals surface area contributed by atoms with E-state index in [-0.39, 0.29) is 5.92 Å². The van der Waals surface area contributed by atoms with Crippen molar-refractivity contribution >= 4 is 17.3 Å². The van der Waals surface area contributed by atoms with Gasteiger partial charge in [0.25, 0.3) is 0 Å². The molecule has 6 nitrogen and oxygen atoms in total. The van der Waals surface area contributed by atoms with Crippen molar-refractivity contribution in [3.8, 4) is 11.8 Å². The van der Waals surface area contributed by atoms with Crippen molar-refractivity contribution in [2.45, 2.75) is 19.8 Å². The van der Waals surface area contributed by atoms with Gasteiger partial charge in [0, 0.05) is 5.56 Å². The number of nitrogens with two attached hydrogens (primary N) is 1. The Balaban J connectivity index is 2.54. The molecule has 0 unspecified atom stereocenters. The summed E-state index contributed by atoms with van der Waals surface area (Å²) in [6.45, 7) is 4.02. The standard InChI is InChI=1S/C15H17N5O/c1-9(2)12-14(17)18-8-19-15(12)20-13-10(7-16)5-4-6-11(13)21-3/h4-6,8-9H,1-3H3,(H3,17,18,19,20). The number of para-hydroxylation sites is 1. The second-order valence-electron chi connectivity index (χ2n) is 4.80. The molecule has 0 saturated carbocycles. The highest BCUT2D eigenvalue weighted by atomic mass is 16.5. The smallest absolute Gasteiger partial charge is 0.143 e. The molecule has 6 heteroatoms. The first kappa shape index (κ1) is 14.6. The van der Waals surface area contributed by atoms with Gasteiger partial charge in [0.15, 0.2) is 0 Å². The number of nitrogens with one attached hydrogen (secondary N) is 1. The Morgan fingerprint density at radius 1 is 1.33 bits per heavy atom. The van der Waals surface area contributed by atoms with Crippen LogP contribution < -0.4 is 15.8 Å². The van der Waals surface area contributed by atoms with Crippen molar-refractivity contribution in [2.24, 2.45) is 0 Å². The largest absolute Gasteiger partial charge is 0.495 e. The van der Waals surface area contributed by atoms with E-state index in [0.717, 1.165) is 5.56 Å². The van der Waals surface area contributed by atoms with E-state index in [1.807, 2.05) is 13.8 Å². The van der Waals surface area contributed by atoms with E-state index in [1.165, 1.54) is 6.33 Å². The van der Waals surface area contributed by atoms with Crippen LogP contribution in [-0.2, 0) is 0 Å². The second-order valence-corrected chi connectivity index (χ2v) is 4.80. The van der Waals surface area contributed by atoms with Gasteiger partial charge in [-0.1, -0.05) is 19.9 Å². The fourth-order valence-corrected chi connectivity index (χ4v) is 2.12. The number of ether oxygens (including phenoxy) is 1. The molecule has 1 heterocycles. The van der Waals surface area contributed by atoms with Gasteiger partial charge in [-0.3, -0.25) is 0 Å². The maximum atomic E-state index is 9.25. The van der Waals surface area contributed by atoms with Crippen molar-refractivity contribution in [2.75, 3.05) is 18.2 Å². The molecule has 0 aliphatic rings. The number of methoxy groups -OCH3 is 1. The van der Waals surface area contributed by atoms with Gasteiger partial charge in [0.05, 0.1) is 12.7 Å². The molecule has 0 aliphatic carbocycles. The Kier molecular flexibility index (Phi) is 4.24. The van der Waals surface area contributed by atoms with Crippen LogP contribution in [0.5, 0.6) is 5.75 Å². The molecule has 0 atom stereocenters. The predicted octanol–water partition coefficient (Wildman–Crippen LogP) is 2.81. The summed E-state index contributed by atoms with van der Waals surface area (Å²) in [5.74, 6) is 1.73. The highest BCUT2D eigenvalue weighted by molar-refractivity contribution is 5.74. The lowest BCUT2D eigenvalue weighted by molar-refractivity contribution is 0.416. The first-order chi connectivity index (χ1) is 10.1. The average Bonchev–Trinajstić information content (AvgIpc) is 2.47. The second kappa shape index (κ2) is 6.09. The number of nitrogen functional groups attached to an aromatic ring is 1. The van der Waals surface area contributed by atoms with E-state index in [9.17, 15) is 5.26 Å². The molecule has 108 valence electrons. The molecular formula is C15H17N5O. The van der Waals surface area contributed by atoms with Crippen LogP contribution in [0, 0.1) is 11.3 Å². The first-order valence-corrected chi connectivity index (χ1v) is 6.53. The van der Waals surface area contributed by atoms with Gasteiger partial charge in [-0.25, -0.2) is 9.97 Å². The number of nitriles is 1. The van der Waals surface area contributed by atoms with Crippen LogP contribution in [0.3, 0.4) is 0 Å². The number of hydrogen-bond donors (Lipinski definition) is 2. The van der Waals surface area contributed by atoms with Crippen LogP contribution in [-0.4, -0.2) is 17.1 Å². The summed E-state index contributed by atoms with van der Waals surface area (Å²) in [5.41, 5.74) is 7.79. The normalized spacial score (nSPS) is 10.2. The van der Waals surface area contributed by atoms with Crippen LogP contribution in [0.4, 0.5) is 17.3 Å². The van der Waals surface area contributed by atoms with Crippen LogP contribution in [0.1, 0.15) is 30.9 Å². The van der Waals surface area contributed by atoms with E-state index in [0.29, 0.717) is 28.6 Å². The van der Waals surface area contributed by atoms with Crippen molar-refractivity contribution in [1.82, 2.24) is 9.97 Å². The molecule has 3 N–H and O–H groups in total. The van der Waals surface area contributed by atoms with Gasteiger partial charge >= 0.3 is 0 Å². The SMILES string of the molecule is COc1cccc(C#N)c1Nc1ncnc(N)c1C(C)C. The molecule has 0 bridgehead atoms. The quantitative estimate of drug-likeness (QED) is 0.895. The zero-order chi connectivity index (χ0) is 15.4. The number of benzene rings is 1. The zero-order valence-corrected chi connectivity index (χ0v) is 12.2. The molecule has 1 aromatic heterocycles. The molecule has 0 amide bonds. The summed E-state index contributed by atoms with van der Waals surface area (Å²) in [6, 6.07) is 7.39. The Hall–Kier alpha value is -2.81. The van der Waals surface area contributed by atoms with Crippen molar-refractivity contribution in [1.29, 1.82) is 5.26 Å². The van der Waals surface area contributed by atoms with E-state index in [1.54, 1.807) is 25.3 Å². The summed E-state index contributed by atoms with van der Waals surface area (Å²) in [7, 11) is 1.55. The van der Waals surface area contributed by atoms with Gasteiger partial charge < -0.3 is 15.8 Å². The first-order valence-electron chi connectivity index (χ1n) is 6.53. The minimum Gasteiger partial charge on any atom is -0.495 e. The van der Waals surface area contributed by atoms with Crippen LogP contribution in [0.15, 0.2) is 24.5 Å². The summed E-state index contributed by atoms with van der Waals surface area (Å²) >= 11 is 0. The Morgan fingerprint density at radius 3 is 2.71 bits per heavy atom. The molecule has 0 radical (unpaired) electrons. The van der Waals surface area contributed by atoms with Crippen LogP contribution in [0.25, 0.3) is 0 Å². The summed E-state index contributed by atoms with van der Waals surface area (Å²) in [4.78, 5) is 8.26. The highest BCUT2D eigenvalue weighted by Gasteiger charge is 2.16. The van der Waals surface area contributed by atoms with Crippen molar-refractivity contribution in [3.05, 3.63) is 35.7 Å². The van der Waals surface area contributed by atoms with E-state index in [2.05, 4.69) is 21.4 Å². The minimum atomic E-state index is 0.147. The molecule has 0 aliphatic heterocycles. The third-order valence-corrected chi connectivity index (χ3v) is 3.10. The summed E-state index contributed by atoms with van der Waals surface area (Å²) in [5, 5.41) is 12.4. The number of nitrogens with zero attached hydrogens (tertiary/aromatic N) is 3. The van der Waals surface area contributed by atoms with E-state index < -0.39 is 0 Å². The molecule has 2 rings (SSSR count). The monoisotopic (exact) mass is 283 g/mol. The fraction of sp³-hybridized carbons (Fsp3) is 0.267. The molecule has 2 aromatic rings. The van der Waals surface area contributed by atoms with Gasteiger partial charge in [-0.15, -0.1) is 0 Å². The average molecular weight is 283 g/mol. The van der Waals surface area contributed by atoms with Crippen molar-refractivity contribution < 1.29 is 4.74 Å². The van der Waals surface area contributed by atoms with Crippen LogP contribution in [0.2, 0.25) is 0 Å². The maximum absolute atomic E-state index is 9.25. The molecule has 21 heavy (non-hydrogen) atoms. The van der Waals surface area contributed by atoms with Gasteiger partial charge in [0.1, 0.15) is 35.5 Å². The van der Waals surface area contributed by atoms with Gasteiger partial charge in [-0.05, 0) is 18.1 Å². The Morgan fingerprint density at radius 2 is 2.10 bits per heavy atom. The molecular weight excluding hydrogens is 266 g/mol. The zero-order valence-electron chi connectivity index (χ0n) is 12.2. The third-order valence-electron chi connectivity index (χ3n) is 3.10. The summed E-state index contributed by atoms with van der Waals surface area (Å²) in [6.07, 6.45) is 1.39. The van der Waals surface area contributed by atoms with E-state index in [4.69, 9.17) is 10.5 Å². The lowest BCUT2D eigenvalue weighted by Gasteiger charge is -2.17. The van der Waals surface area contributed by atoms with Crippen molar-refractivity contribution in [3.63, 3.8) is 0 Å². The van der Waals surface area contributed by atoms with Crippen LogP contribution >= 0.6 is 0 Å². The lowest BCUT2D eigenvalue weighted by atomic mass is 10.0. The fourth-order valence-electron chi connectivity index (χ4n) is 2.12. The topological polar surface area (TPSA) is 96.8 Å². The Labute approximate surface area is 123 Å².